The van der Waals surface area contributed by atoms with E-state index < -0.39 is 37.9 Å². The lowest BCUT2D eigenvalue weighted by Gasteiger charge is -2.20. The molecule has 1 N–H and O–H groups in total. The molecular formula is C13H18N2O6S. The van der Waals surface area contributed by atoms with E-state index in [4.69, 9.17) is 0 Å². The third-order valence-corrected chi connectivity index (χ3v) is 4.14. The molecule has 1 aromatic rings. The molecule has 0 fully saturated rings. The van der Waals surface area contributed by atoms with Crippen LogP contribution in [-0.2, 0) is 20.5 Å². The lowest BCUT2D eigenvalue weighted by atomic mass is 10.1. The van der Waals surface area contributed by atoms with Gasteiger partial charge >= 0.3 is 5.97 Å². The predicted octanol–water partition coefficient (Wildman–Crippen LogP) is 1.60. The van der Waals surface area contributed by atoms with Crippen molar-refractivity contribution >= 4 is 21.7 Å². The van der Waals surface area contributed by atoms with Gasteiger partial charge in [0, 0.05) is 11.6 Å². The third kappa shape index (κ3) is 4.78. The molecule has 1 aromatic carbocycles. The number of benzene rings is 1. The fraction of sp³-hybridized carbons (Fsp3) is 0.462. The Labute approximate surface area is 128 Å². The summed E-state index contributed by atoms with van der Waals surface area (Å²) in [5.74, 6) is -1.52. The number of nitro groups is 1. The molecule has 0 aliphatic carbocycles. The molecule has 0 unspecified atom stereocenters. The number of carbonyl (C=O) groups is 1. The van der Waals surface area contributed by atoms with Gasteiger partial charge in [0.15, 0.2) is 0 Å². The summed E-state index contributed by atoms with van der Waals surface area (Å²) in [5.41, 5.74) is -1.53. The van der Waals surface area contributed by atoms with Crippen molar-refractivity contribution in [3.63, 3.8) is 0 Å². The second-order valence-electron chi connectivity index (χ2n) is 5.66. The van der Waals surface area contributed by atoms with Gasteiger partial charge < -0.3 is 4.74 Å². The van der Waals surface area contributed by atoms with E-state index in [0.717, 1.165) is 13.2 Å². The Morgan fingerprint density at radius 3 is 2.41 bits per heavy atom. The Balaban J connectivity index is 3.38. The number of hydrogen-bond acceptors (Lipinski definition) is 6. The van der Waals surface area contributed by atoms with Gasteiger partial charge in [-0.1, -0.05) is 6.07 Å². The summed E-state index contributed by atoms with van der Waals surface area (Å²) in [6.07, 6.45) is 0. The van der Waals surface area contributed by atoms with Crippen molar-refractivity contribution in [2.45, 2.75) is 32.1 Å². The fourth-order valence-electron chi connectivity index (χ4n) is 1.89. The van der Waals surface area contributed by atoms with Gasteiger partial charge in [0.2, 0.25) is 10.0 Å². The van der Waals surface area contributed by atoms with Crippen molar-refractivity contribution in [2.24, 2.45) is 0 Å². The number of carbonyl (C=O) groups excluding carboxylic acids is 1. The van der Waals surface area contributed by atoms with Crippen LogP contribution in [0.3, 0.4) is 0 Å². The Morgan fingerprint density at radius 1 is 1.36 bits per heavy atom. The second-order valence-corrected chi connectivity index (χ2v) is 7.39. The van der Waals surface area contributed by atoms with Crippen LogP contribution in [0.5, 0.6) is 0 Å². The first kappa shape index (κ1) is 18.1. The monoisotopic (exact) mass is 330 g/mol. The van der Waals surface area contributed by atoms with E-state index in [9.17, 15) is 23.3 Å². The Morgan fingerprint density at radius 2 is 1.95 bits per heavy atom. The largest absolute Gasteiger partial charge is 0.465 e. The van der Waals surface area contributed by atoms with Crippen LogP contribution in [0.25, 0.3) is 0 Å². The normalized spacial score (nSPS) is 12.0. The van der Waals surface area contributed by atoms with Crippen molar-refractivity contribution in [1.82, 2.24) is 4.72 Å². The maximum absolute atomic E-state index is 12.2. The molecule has 22 heavy (non-hydrogen) atoms. The maximum atomic E-state index is 12.2. The van der Waals surface area contributed by atoms with Crippen LogP contribution in [0.2, 0.25) is 0 Å². The first-order valence-corrected chi connectivity index (χ1v) is 7.98. The van der Waals surface area contributed by atoms with Crippen molar-refractivity contribution in [3.05, 3.63) is 39.4 Å². The maximum Gasteiger partial charge on any atom is 0.338 e. The van der Waals surface area contributed by atoms with Crippen molar-refractivity contribution in [2.75, 3.05) is 7.11 Å². The fourth-order valence-corrected chi connectivity index (χ4v) is 3.58. The van der Waals surface area contributed by atoms with E-state index >= 15 is 0 Å². The van der Waals surface area contributed by atoms with Crippen molar-refractivity contribution in [3.8, 4) is 0 Å². The zero-order valence-electron chi connectivity index (χ0n) is 12.7. The number of hydrogen-bond donors (Lipinski definition) is 1. The minimum Gasteiger partial charge on any atom is -0.465 e. The molecule has 0 aliphatic heterocycles. The van der Waals surface area contributed by atoms with Gasteiger partial charge in [-0.25, -0.2) is 17.9 Å². The summed E-state index contributed by atoms with van der Waals surface area (Å²) in [7, 11) is -2.76. The van der Waals surface area contributed by atoms with Gasteiger partial charge in [-0.2, -0.15) is 0 Å². The molecule has 122 valence electrons. The zero-order chi connectivity index (χ0) is 17.1. The van der Waals surface area contributed by atoms with Crippen molar-refractivity contribution in [1.29, 1.82) is 0 Å². The lowest BCUT2D eigenvalue weighted by Crippen LogP contribution is -2.41. The lowest BCUT2D eigenvalue weighted by molar-refractivity contribution is -0.385. The number of rotatable bonds is 5. The Kier molecular flexibility index (Phi) is 5.26. The molecule has 1 rings (SSSR count). The molecule has 0 atom stereocenters. The summed E-state index contributed by atoms with van der Waals surface area (Å²) < 4.78 is 31.3. The number of ether oxygens (including phenoxy) is 1. The van der Waals surface area contributed by atoms with Gasteiger partial charge in [-0.15, -0.1) is 0 Å². The average molecular weight is 330 g/mol. The predicted molar refractivity (Wildman–Crippen MR) is 79.9 cm³/mol. The van der Waals surface area contributed by atoms with Crippen LogP contribution < -0.4 is 4.72 Å². The first-order chi connectivity index (χ1) is 9.97. The molecule has 0 saturated carbocycles. The van der Waals surface area contributed by atoms with Crippen LogP contribution in [0.15, 0.2) is 18.2 Å². The average Bonchev–Trinajstić information content (AvgIpc) is 2.34. The summed E-state index contributed by atoms with van der Waals surface area (Å²) in [6, 6.07) is 3.74. The summed E-state index contributed by atoms with van der Waals surface area (Å²) in [4.78, 5) is 22.1. The summed E-state index contributed by atoms with van der Waals surface area (Å²) >= 11 is 0. The highest BCUT2D eigenvalue weighted by Gasteiger charge is 2.28. The smallest absolute Gasteiger partial charge is 0.338 e. The molecule has 0 bridgehead atoms. The molecular weight excluding hydrogens is 312 g/mol. The van der Waals surface area contributed by atoms with Gasteiger partial charge in [0.05, 0.1) is 28.9 Å². The molecule has 0 saturated heterocycles. The van der Waals surface area contributed by atoms with Gasteiger partial charge in [-0.05, 0) is 26.8 Å². The van der Waals surface area contributed by atoms with E-state index in [1.807, 2.05) is 0 Å². The number of nitro benzene ring substituents is 1. The highest BCUT2D eigenvalue weighted by Crippen LogP contribution is 2.25. The van der Waals surface area contributed by atoms with Crippen LogP contribution in [0.1, 0.15) is 36.7 Å². The molecule has 0 radical (unpaired) electrons. The summed E-state index contributed by atoms with van der Waals surface area (Å²) in [6.45, 7) is 4.93. The number of methoxy groups -OCH3 is 1. The number of sulfonamides is 1. The highest BCUT2D eigenvalue weighted by atomic mass is 32.2. The Bertz CT molecular complexity index is 691. The van der Waals surface area contributed by atoms with Gasteiger partial charge in [0.25, 0.3) is 5.69 Å². The number of nitrogens with zero attached hydrogens (tertiary/aromatic N) is 1. The third-order valence-electron chi connectivity index (χ3n) is 2.55. The molecule has 0 spiro atoms. The minimum absolute atomic E-state index is 0.143. The van der Waals surface area contributed by atoms with Gasteiger partial charge in [-0.3, -0.25) is 10.1 Å². The van der Waals surface area contributed by atoms with Crippen molar-refractivity contribution < 1.29 is 22.9 Å². The molecule has 0 aromatic heterocycles. The van der Waals surface area contributed by atoms with E-state index in [-0.39, 0.29) is 11.1 Å². The molecule has 0 aliphatic rings. The van der Waals surface area contributed by atoms with Crippen LogP contribution >= 0.6 is 0 Å². The molecule has 0 amide bonds. The summed E-state index contributed by atoms with van der Waals surface area (Å²) in [5, 5.41) is 11.1. The molecule has 9 heteroatoms. The van der Waals surface area contributed by atoms with Crippen LogP contribution in [0.4, 0.5) is 5.69 Å². The zero-order valence-corrected chi connectivity index (χ0v) is 13.6. The van der Waals surface area contributed by atoms with Crippen LogP contribution in [-0.4, -0.2) is 32.0 Å². The Hall–Kier alpha value is -2.00. The van der Waals surface area contributed by atoms with E-state index in [1.165, 1.54) is 12.1 Å². The standard InChI is InChI=1S/C13H18N2O6S/c1-13(2,3)14-22(19,20)8-10-9(12(16)21-4)6-5-7-11(10)15(17)18/h5-7,14H,8H2,1-4H3. The van der Waals surface area contributed by atoms with E-state index in [1.54, 1.807) is 20.8 Å². The first-order valence-electron chi connectivity index (χ1n) is 6.33. The molecule has 0 heterocycles. The van der Waals surface area contributed by atoms with E-state index in [2.05, 4.69) is 9.46 Å². The van der Waals surface area contributed by atoms with E-state index in [0.29, 0.717) is 0 Å². The number of nitrogens with one attached hydrogen (secondary N) is 1. The van der Waals surface area contributed by atoms with Gasteiger partial charge in [0.1, 0.15) is 0 Å². The quantitative estimate of drug-likeness (QED) is 0.498. The number of esters is 1. The highest BCUT2D eigenvalue weighted by molar-refractivity contribution is 7.88. The van der Waals surface area contributed by atoms with Crippen LogP contribution in [0, 0.1) is 10.1 Å². The molecule has 8 nitrogen and oxygen atoms in total. The topological polar surface area (TPSA) is 116 Å². The SMILES string of the molecule is COC(=O)c1cccc([N+](=O)[O-])c1CS(=O)(=O)NC(C)(C)C. The minimum atomic E-state index is -3.87. The second kappa shape index (κ2) is 6.41.